The Balaban J connectivity index is 0.000000168. The third-order valence-electron chi connectivity index (χ3n) is 22.9. The van der Waals surface area contributed by atoms with E-state index in [-0.39, 0.29) is 73.8 Å². The van der Waals surface area contributed by atoms with Crippen molar-refractivity contribution in [2.24, 2.45) is 69.0 Å². The molecule has 9 fully saturated rings. The number of hydrogen-bond acceptors (Lipinski definition) is 8. The summed E-state index contributed by atoms with van der Waals surface area (Å²) in [6.07, 6.45) is 15.8. The normalized spacial score (nSPS) is 48.6. The molecule has 8 nitrogen and oxygen atoms in total. The van der Waals surface area contributed by atoms with E-state index in [1.807, 2.05) is 19.9 Å². The minimum atomic E-state index is -1.84. The lowest BCUT2D eigenvalue weighted by atomic mass is 9.42. The number of fused-ring (bicyclic) bond motifs is 16. The number of Topliss-reactive ketones (excluding diaryl/α,β-unsaturated/α-hetero) is 1. The van der Waals surface area contributed by atoms with Gasteiger partial charge in [-0.1, -0.05) is 76.2 Å². The monoisotopic (exact) mass is 965 g/mol. The van der Waals surface area contributed by atoms with Crippen molar-refractivity contribution in [2.75, 3.05) is 0 Å². The molecule has 18 atom stereocenters. The second kappa shape index (κ2) is 16.1. The van der Waals surface area contributed by atoms with Crippen LogP contribution in [0.25, 0.3) is 0 Å². The van der Waals surface area contributed by atoms with E-state index >= 15 is 0 Å². The molecule has 10 heteroatoms. The summed E-state index contributed by atoms with van der Waals surface area (Å²) < 4.78 is 41.0. The summed E-state index contributed by atoms with van der Waals surface area (Å²) in [5.74, 6) is 3.18. The van der Waals surface area contributed by atoms with Gasteiger partial charge in [-0.05, 0) is 197 Å². The van der Waals surface area contributed by atoms with Crippen molar-refractivity contribution >= 4 is 28.2 Å². The highest BCUT2D eigenvalue weighted by molar-refractivity contribution is 6.74. The standard InChI is InChI=1S/C29H50O4Si.C28H46O4Si/c1-17-20(30)14-16-29(8)19-13-15-28(7)18(11-12-21(28)33-34(9,10)26(2,3)4)22(19)24-25(23(17)29)32-27(5,6)31-24;1-25(2,3)33(8,9)32-21-11-10-18-22-19(13-15-28(18,21)7)27(6)14-12-17(29)16-20(27)23-24(22)31-26(4,5)30-23/h17-19,21-25H,11-16H2,1-10H3;16,18-19,21-24H,10-15H2,1-9H3/t17-,18?,19?,21+,22?,23?,24-,25-,28+,29-;18?,19?,21-,22?,23+,24+,27+,28-/m10/s1. The van der Waals surface area contributed by atoms with Gasteiger partial charge in [0.1, 0.15) is 11.9 Å². The van der Waals surface area contributed by atoms with Crippen molar-refractivity contribution in [1.29, 1.82) is 0 Å². The maximum atomic E-state index is 12.9. The zero-order valence-corrected chi connectivity index (χ0v) is 47.9. The van der Waals surface area contributed by atoms with Gasteiger partial charge in [-0.3, -0.25) is 9.59 Å². The molecule has 0 radical (unpaired) electrons. The van der Waals surface area contributed by atoms with Gasteiger partial charge in [-0.25, -0.2) is 0 Å². The smallest absolute Gasteiger partial charge is 0.192 e. The highest BCUT2D eigenvalue weighted by atomic mass is 28.4. The molecule has 0 N–H and O–H groups in total. The average molecular weight is 966 g/mol. The van der Waals surface area contributed by atoms with Crippen LogP contribution in [-0.2, 0) is 37.4 Å². The van der Waals surface area contributed by atoms with Crippen LogP contribution >= 0.6 is 0 Å². The molecule has 10 rings (SSSR count). The van der Waals surface area contributed by atoms with E-state index in [0.29, 0.717) is 59.9 Å². The Hall–Kier alpha value is -0.726. The van der Waals surface area contributed by atoms with Crippen LogP contribution in [-0.4, -0.2) is 76.4 Å². The fraction of sp³-hybridized carbons (Fsp3) is 0.930. The van der Waals surface area contributed by atoms with E-state index < -0.39 is 28.2 Å². The molecule has 7 unspecified atom stereocenters. The Morgan fingerprint density at radius 1 is 0.552 bits per heavy atom. The molecule has 0 aromatic rings. The molecule has 0 spiro atoms. The molecule has 0 amide bonds. The number of carbonyl (C=O) groups is 2. The molecular weight excluding hydrogens is 869 g/mol. The molecule has 67 heavy (non-hydrogen) atoms. The summed E-state index contributed by atoms with van der Waals surface area (Å²) in [6, 6.07) is 0. The Bertz CT molecular complexity index is 2000. The highest BCUT2D eigenvalue weighted by Gasteiger charge is 2.71. The van der Waals surface area contributed by atoms with Gasteiger partial charge in [0, 0.05) is 24.7 Å². The summed E-state index contributed by atoms with van der Waals surface area (Å²) in [6.45, 7) is 44.1. The largest absolute Gasteiger partial charge is 0.413 e. The second-order valence-corrected chi connectivity index (χ2v) is 38.9. The lowest BCUT2D eigenvalue weighted by Gasteiger charge is -2.63. The molecular formula is C57H96O8Si2. The summed E-state index contributed by atoms with van der Waals surface area (Å²) >= 11 is 0. The SMILES string of the molecule is CC1(C)O[C@@H]2C3=CC(=O)CC[C@]3(C)C3CC[C@@]4(C)C(CC[C@@H]4O[Si](C)(C)C(C)(C)C)C3[C@H]2O1.C[C@@H]1C(=O)CC[C@]2(C)C3CC[C@@]4(C)C(CC[C@@H]4O[Si](C)(C)C(C)(C)C)C3[C@H]3OC(C)(C)O[C@@H]3C12. The fourth-order valence-electron chi connectivity index (χ4n) is 17.3. The minimum Gasteiger partial charge on any atom is -0.413 e. The number of carbonyl (C=O) groups excluding carboxylic acids is 2. The van der Waals surface area contributed by atoms with E-state index in [9.17, 15) is 9.59 Å². The van der Waals surface area contributed by atoms with Gasteiger partial charge in [0.15, 0.2) is 34.0 Å². The first-order valence-electron chi connectivity index (χ1n) is 27.5. The first-order valence-corrected chi connectivity index (χ1v) is 33.3. The third-order valence-corrected chi connectivity index (χ3v) is 31.9. The molecule has 2 saturated heterocycles. The molecule has 2 heterocycles. The summed E-state index contributed by atoms with van der Waals surface area (Å²) in [5.41, 5.74) is 1.83. The van der Waals surface area contributed by atoms with Crippen LogP contribution in [0.2, 0.25) is 36.3 Å². The number of ether oxygens (including phenoxy) is 4. The highest BCUT2D eigenvalue weighted by Crippen LogP contribution is 2.71. The van der Waals surface area contributed by atoms with Crippen LogP contribution in [0.5, 0.6) is 0 Å². The zero-order chi connectivity index (χ0) is 49.2. The van der Waals surface area contributed by atoms with Crippen molar-refractivity contribution < 1.29 is 37.4 Å². The molecule has 0 bridgehead atoms. The third kappa shape index (κ3) is 7.95. The molecule has 380 valence electrons. The molecule has 2 aliphatic heterocycles. The van der Waals surface area contributed by atoms with E-state index in [1.54, 1.807) is 0 Å². The molecule has 0 aromatic heterocycles. The van der Waals surface area contributed by atoms with E-state index in [1.165, 1.54) is 50.5 Å². The van der Waals surface area contributed by atoms with Gasteiger partial charge in [0.05, 0.1) is 30.5 Å². The number of ketones is 2. The van der Waals surface area contributed by atoms with Gasteiger partial charge >= 0.3 is 0 Å². The number of hydrogen-bond donors (Lipinski definition) is 0. The van der Waals surface area contributed by atoms with E-state index in [2.05, 4.69) is 116 Å². The lowest BCUT2D eigenvalue weighted by molar-refractivity contribution is -0.194. The molecule has 10 aliphatic rings. The number of rotatable bonds is 4. The first kappa shape index (κ1) is 51.2. The topological polar surface area (TPSA) is 89.5 Å². The van der Waals surface area contributed by atoms with Crippen LogP contribution < -0.4 is 0 Å². The van der Waals surface area contributed by atoms with Gasteiger partial charge in [0.25, 0.3) is 0 Å². The Morgan fingerprint density at radius 2 is 1.01 bits per heavy atom. The van der Waals surface area contributed by atoms with Crippen LogP contribution in [0.3, 0.4) is 0 Å². The average Bonchev–Trinajstić information content (AvgIpc) is 3.91. The van der Waals surface area contributed by atoms with Crippen molar-refractivity contribution in [3.05, 3.63) is 11.6 Å². The maximum Gasteiger partial charge on any atom is 0.192 e. The van der Waals surface area contributed by atoms with Crippen LogP contribution in [0.1, 0.15) is 181 Å². The summed E-state index contributed by atoms with van der Waals surface area (Å²) in [4.78, 5) is 25.4. The van der Waals surface area contributed by atoms with Crippen LogP contribution in [0.15, 0.2) is 11.6 Å². The molecule has 7 saturated carbocycles. The Morgan fingerprint density at radius 3 is 1.55 bits per heavy atom. The van der Waals surface area contributed by atoms with Crippen molar-refractivity contribution in [3.8, 4) is 0 Å². The van der Waals surface area contributed by atoms with Gasteiger partial charge < -0.3 is 27.8 Å². The van der Waals surface area contributed by atoms with Crippen LogP contribution in [0, 0.1) is 69.0 Å². The Kier molecular flexibility index (Phi) is 12.3. The minimum absolute atomic E-state index is 0.0307. The zero-order valence-electron chi connectivity index (χ0n) is 45.9. The second-order valence-electron chi connectivity index (χ2n) is 29.4. The summed E-state index contributed by atoms with van der Waals surface area (Å²) in [5, 5.41) is 0.454. The van der Waals surface area contributed by atoms with Gasteiger partial charge in [0.2, 0.25) is 0 Å². The fourth-order valence-corrected chi connectivity index (χ4v) is 20.2. The Labute approximate surface area is 409 Å². The van der Waals surface area contributed by atoms with Crippen molar-refractivity contribution in [1.82, 2.24) is 0 Å². The van der Waals surface area contributed by atoms with E-state index in [4.69, 9.17) is 27.8 Å². The summed E-state index contributed by atoms with van der Waals surface area (Å²) in [7, 11) is -3.68. The maximum absolute atomic E-state index is 12.9. The predicted octanol–water partition coefficient (Wildman–Crippen LogP) is 13.6. The van der Waals surface area contributed by atoms with Crippen molar-refractivity contribution in [2.45, 2.75) is 265 Å². The molecule has 0 aromatic carbocycles. The molecule has 8 aliphatic carbocycles. The van der Waals surface area contributed by atoms with Crippen molar-refractivity contribution in [3.63, 3.8) is 0 Å². The van der Waals surface area contributed by atoms with Crippen LogP contribution in [0.4, 0.5) is 0 Å². The van der Waals surface area contributed by atoms with Gasteiger partial charge in [-0.2, -0.15) is 0 Å². The quantitative estimate of drug-likeness (QED) is 0.257. The lowest BCUT2D eigenvalue weighted by Crippen LogP contribution is -2.65. The van der Waals surface area contributed by atoms with Gasteiger partial charge in [-0.15, -0.1) is 0 Å². The predicted molar refractivity (Wildman–Crippen MR) is 271 cm³/mol. The first-order chi connectivity index (χ1) is 30.6. The van der Waals surface area contributed by atoms with E-state index in [0.717, 1.165) is 25.7 Å².